The number of hydrogen-bond donors (Lipinski definition) is 1. The Bertz CT molecular complexity index is 677. The van der Waals surface area contributed by atoms with Crippen molar-refractivity contribution in [2.75, 3.05) is 24.8 Å². The fourth-order valence-corrected chi connectivity index (χ4v) is 3.31. The zero-order chi connectivity index (χ0) is 17.5. The Morgan fingerprint density at radius 1 is 1.29 bits per heavy atom. The normalized spacial score (nSPS) is 10.8. The average molecular weight is 348 g/mol. The Morgan fingerprint density at radius 3 is 2.67 bits per heavy atom. The summed E-state index contributed by atoms with van der Waals surface area (Å²) in [5.74, 6) is 0.261. The predicted octanol–water partition coefficient (Wildman–Crippen LogP) is 2.97. The van der Waals surface area contributed by atoms with Crippen molar-refractivity contribution in [3.05, 3.63) is 35.2 Å². The molecule has 2 rings (SSSR count). The number of rotatable bonds is 8. The second kappa shape index (κ2) is 8.84. The van der Waals surface area contributed by atoms with E-state index in [1.54, 1.807) is 13.4 Å². The molecule has 1 aromatic heterocycles. The quantitative estimate of drug-likeness (QED) is 0.587. The summed E-state index contributed by atoms with van der Waals surface area (Å²) in [5, 5.41) is 11.7. The Kier molecular flexibility index (Phi) is 6.81. The van der Waals surface area contributed by atoms with E-state index in [4.69, 9.17) is 4.74 Å². The first-order valence-corrected chi connectivity index (χ1v) is 8.87. The number of carbonyl (C=O) groups excluding carboxylic acids is 1. The molecule has 0 aliphatic carbocycles. The van der Waals surface area contributed by atoms with Crippen molar-refractivity contribution in [3.63, 3.8) is 0 Å². The van der Waals surface area contributed by atoms with E-state index in [9.17, 15) is 4.79 Å². The van der Waals surface area contributed by atoms with Gasteiger partial charge in [-0.3, -0.25) is 4.79 Å². The fourth-order valence-electron chi connectivity index (χ4n) is 2.57. The lowest BCUT2D eigenvalue weighted by atomic mass is 10.1. The molecule has 1 aromatic carbocycles. The number of anilines is 1. The van der Waals surface area contributed by atoms with E-state index in [1.165, 1.54) is 17.3 Å². The van der Waals surface area contributed by atoms with Gasteiger partial charge < -0.3 is 14.6 Å². The van der Waals surface area contributed by atoms with Crippen molar-refractivity contribution in [1.82, 2.24) is 14.8 Å². The van der Waals surface area contributed by atoms with Gasteiger partial charge in [-0.05, 0) is 38.3 Å². The van der Waals surface area contributed by atoms with Crippen LogP contribution in [0.25, 0.3) is 0 Å². The first kappa shape index (κ1) is 18.5. The van der Waals surface area contributed by atoms with Crippen LogP contribution in [0.4, 0.5) is 5.69 Å². The van der Waals surface area contributed by atoms with Crippen molar-refractivity contribution in [3.8, 4) is 0 Å². The zero-order valence-electron chi connectivity index (χ0n) is 14.6. The number of aromatic nitrogens is 3. The number of benzene rings is 1. The highest BCUT2D eigenvalue weighted by molar-refractivity contribution is 7.99. The minimum atomic E-state index is -0.0403. The van der Waals surface area contributed by atoms with Crippen LogP contribution in [0.1, 0.15) is 23.1 Å². The van der Waals surface area contributed by atoms with Crippen LogP contribution in [0.3, 0.4) is 0 Å². The molecule has 0 spiro atoms. The van der Waals surface area contributed by atoms with E-state index in [0.29, 0.717) is 12.4 Å². The zero-order valence-corrected chi connectivity index (χ0v) is 15.4. The molecule has 6 nitrogen and oxygen atoms in total. The van der Waals surface area contributed by atoms with E-state index in [0.717, 1.165) is 34.9 Å². The van der Waals surface area contributed by atoms with Crippen LogP contribution in [0, 0.1) is 20.8 Å². The summed E-state index contributed by atoms with van der Waals surface area (Å²) in [6, 6.07) is 4.14. The Labute approximate surface area is 147 Å². The van der Waals surface area contributed by atoms with Crippen molar-refractivity contribution < 1.29 is 9.53 Å². The lowest BCUT2D eigenvalue weighted by molar-refractivity contribution is -0.113. The van der Waals surface area contributed by atoms with Gasteiger partial charge in [0.25, 0.3) is 0 Å². The standard InChI is InChI=1S/C17H24N4O2S/c1-12-8-13(2)16(14(3)9-12)19-15(22)10-24-17-20-18-11-21(17)6-5-7-23-4/h8-9,11H,5-7,10H2,1-4H3,(H,19,22). The summed E-state index contributed by atoms with van der Waals surface area (Å²) in [6.45, 7) is 7.54. The van der Waals surface area contributed by atoms with Gasteiger partial charge in [-0.25, -0.2) is 0 Å². The minimum absolute atomic E-state index is 0.0403. The average Bonchev–Trinajstić information content (AvgIpc) is 2.96. The molecule has 130 valence electrons. The van der Waals surface area contributed by atoms with E-state index in [1.807, 2.05) is 18.4 Å². The molecular weight excluding hydrogens is 324 g/mol. The van der Waals surface area contributed by atoms with Gasteiger partial charge in [-0.2, -0.15) is 0 Å². The summed E-state index contributed by atoms with van der Waals surface area (Å²) in [4.78, 5) is 12.3. The molecule has 1 heterocycles. The Hall–Kier alpha value is -1.86. The van der Waals surface area contributed by atoms with Crippen LogP contribution < -0.4 is 5.32 Å². The first-order chi connectivity index (χ1) is 11.5. The van der Waals surface area contributed by atoms with E-state index < -0.39 is 0 Å². The number of nitrogens with one attached hydrogen (secondary N) is 1. The van der Waals surface area contributed by atoms with Crippen LogP contribution in [0.2, 0.25) is 0 Å². The lowest BCUT2D eigenvalue weighted by Crippen LogP contribution is -2.16. The fraction of sp³-hybridized carbons (Fsp3) is 0.471. The van der Waals surface area contributed by atoms with Gasteiger partial charge in [0.15, 0.2) is 5.16 Å². The largest absolute Gasteiger partial charge is 0.385 e. The lowest BCUT2D eigenvalue weighted by Gasteiger charge is -2.12. The van der Waals surface area contributed by atoms with Crippen molar-refractivity contribution >= 4 is 23.4 Å². The van der Waals surface area contributed by atoms with Crippen LogP contribution in [-0.4, -0.2) is 40.1 Å². The molecule has 0 aliphatic heterocycles. The molecule has 0 atom stereocenters. The second-order valence-electron chi connectivity index (χ2n) is 5.76. The molecule has 1 N–H and O–H groups in total. The maximum atomic E-state index is 12.3. The summed E-state index contributed by atoms with van der Waals surface area (Å²) in [6.07, 6.45) is 2.57. The third kappa shape index (κ3) is 5.07. The van der Waals surface area contributed by atoms with Crippen molar-refractivity contribution in [1.29, 1.82) is 0 Å². The number of nitrogens with zero attached hydrogens (tertiary/aromatic N) is 3. The van der Waals surface area contributed by atoms with E-state index in [2.05, 4.69) is 34.6 Å². The molecule has 2 aromatic rings. The molecule has 0 saturated heterocycles. The molecule has 1 amide bonds. The molecule has 7 heteroatoms. The van der Waals surface area contributed by atoms with Gasteiger partial charge in [-0.1, -0.05) is 29.5 Å². The van der Waals surface area contributed by atoms with E-state index >= 15 is 0 Å². The number of ether oxygens (including phenoxy) is 1. The van der Waals surface area contributed by atoms with Gasteiger partial charge in [0.1, 0.15) is 6.33 Å². The Balaban J connectivity index is 1.91. The minimum Gasteiger partial charge on any atom is -0.385 e. The number of thioether (sulfide) groups is 1. The number of aryl methyl sites for hydroxylation is 4. The highest BCUT2D eigenvalue weighted by Gasteiger charge is 2.11. The van der Waals surface area contributed by atoms with Crippen molar-refractivity contribution in [2.45, 2.75) is 38.9 Å². The second-order valence-corrected chi connectivity index (χ2v) is 6.71. The number of carbonyl (C=O) groups is 1. The number of hydrogen-bond acceptors (Lipinski definition) is 5. The van der Waals surface area contributed by atoms with Gasteiger partial charge in [-0.15, -0.1) is 10.2 Å². The summed E-state index contributed by atoms with van der Waals surface area (Å²) >= 11 is 1.39. The maximum Gasteiger partial charge on any atom is 0.234 e. The van der Waals surface area contributed by atoms with Crippen molar-refractivity contribution in [2.24, 2.45) is 0 Å². The molecule has 0 fully saturated rings. The molecular formula is C17H24N4O2S. The summed E-state index contributed by atoms with van der Waals surface area (Å²) in [7, 11) is 1.68. The van der Waals surface area contributed by atoms with Crippen LogP contribution >= 0.6 is 11.8 Å². The number of amides is 1. The highest BCUT2D eigenvalue weighted by atomic mass is 32.2. The summed E-state index contributed by atoms with van der Waals surface area (Å²) < 4.78 is 6.99. The summed E-state index contributed by atoms with van der Waals surface area (Å²) in [5.41, 5.74) is 4.25. The Morgan fingerprint density at radius 2 is 2.00 bits per heavy atom. The topological polar surface area (TPSA) is 69.0 Å². The monoisotopic (exact) mass is 348 g/mol. The molecule has 0 radical (unpaired) electrons. The smallest absolute Gasteiger partial charge is 0.234 e. The number of methoxy groups -OCH3 is 1. The maximum absolute atomic E-state index is 12.3. The van der Waals surface area contributed by atoms with Crippen LogP contribution in [-0.2, 0) is 16.1 Å². The van der Waals surface area contributed by atoms with Crippen LogP contribution in [0.15, 0.2) is 23.6 Å². The molecule has 0 bridgehead atoms. The molecule has 24 heavy (non-hydrogen) atoms. The predicted molar refractivity (Wildman–Crippen MR) is 96.5 cm³/mol. The third-order valence-corrected chi connectivity index (χ3v) is 4.58. The van der Waals surface area contributed by atoms with E-state index in [-0.39, 0.29) is 5.91 Å². The van der Waals surface area contributed by atoms with Gasteiger partial charge >= 0.3 is 0 Å². The molecule has 0 unspecified atom stereocenters. The molecule has 0 aliphatic rings. The van der Waals surface area contributed by atoms with Gasteiger partial charge in [0.2, 0.25) is 5.91 Å². The van der Waals surface area contributed by atoms with Crippen LogP contribution in [0.5, 0.6) is 0 Å². The SMILES string of the molecule is COCCCn1cnnc1SCC(=O)Nc1c(C)cc(C)cc1C. The first-order valence-electron chi connectivity index (χ1n) is 7.88. The third-order valence-electron chi connectivity index (χ3n) is 3.60. The molecule has 0 saturated carbocycles. The van der Waals surface area contributed by atoms with Gasteiger partial charge in [0.05, 0.1) is 5.75 Å². The highest BCUT2D eigenvalue weighted by Crippen LogP contribution is 2.23. The van der Waals surface area contributed by atoms with Gasteiger partial charge in [0, 0.05) is 25.9 Å².